The van der Waals surface area contributed by atoms with Crippen molar-refractivity contribution in [3.8, 4) is 10.6 Å². The van der Waals surface area contributed by atoms with Crippen LogP contribution in [0, 0.1) is 0 Å². The summed E-state index contributed by atoms with van der Waals surface area (Å²) in [5.41, 5.74) is 6.41. The highest BCUT2D eigenvalue weighted by molar-refractivity contribution is 9.11. The molecule has 2 aromatic rings. The first-order chi connectivity index (χ1) is 6.25. The van der Waals surface area contributed by atoms with Gasteiger partial charge in [0.25, 0.3) is 0 Å². The Labute approximate surface area is 87.8 Å². The maximum Gasteiger partial charge on any atom is 0.127 e. The molecule has 0 saturated carbocycles. The van der Waals surface area contributed by atoms with Crippen molar-refractivity contribution in [1.82, 2.24) is 9.97 Å². The number of thiophene rings is 1. The van der Waals surface area contributed by atoms with Crippen molar-refractivity contribution in [2.75, 3.05) is 5.73 Å². The Balaban J connectivity index is 2.46. The van der Waals surface area contributed by atoms with Gasteiger partial charge < -0.3 is 5.73 Å². The van der Waals surface area contributed by atoms with Crippen LogP contribution in [0.2, 0.25) is 0 Å². The van der Waals surface area contributed by atoms with E-state index in [4.69, 9.17) is 5.73 Å². The van der Waals surface area contributed by atoms with Crippen molar-refractivity contribution >= 4 is 33.1 Å². The molecule has 0 fully saturated rings. The first kappa shape index (κ1) is 8.65. The van der Waals surface area contributed by atoms with Gasteiger partial charge in [0.1, 0.15) is 12.1 Å². The molecule has 13 heavy (non-hydrogen) atoms. The van der Waals surface area contributed by atoms with E-state index in [9.17, 15) is 0 Å². The molecule has 0 atom stereocenters. The van der Waals surface area contributed by atoms with Crippen molar-refractivity contribution in [2.45, 2.75) is 0 Å². The third-order valence-electron chi connectivity index (χ3n) is 1.51. The van der Waals surface area contributed by atoms with Crippen LogP contribution in [0.3, 0.4) is 0 Å². The smallest absolute Gasteiger partial charge is 0.127 e. The number of nitrogens with zero attached hydrogens (tertiary/aromatic N) is 2. The number of aromatic nitrogens is 2. The lowest BCUT2D eigenvalue weighted by Crippen LogP contribution is -1.91. The second-order valence-electron chi connectivity index (χ2n) is 2.43. The fourth-order valence-electron chi connectivity index (χ4n) is 0.959. The van der Waals surface area contributed by atoms with Crippen molar-refractivity contribution in [3.63, 3.8) is 0 Å². The van der Waals surface area contributed by atoms with Crippen molar-refractivity contribution < 1.29 is 0 Å². The quantitative estimate of drug-likeness (QED) is 0.853. The van der Waals surface area contributed by atoms with Gasteiger partial charge in [0, 0.05) is 6.07 Å². The first-order valence-corrected chi connectivity index (χ1v) is 5.20. The van der Waals surface area contributed by atoms with Crippen LogP contribution in [0.15, 0.2) is 28.3 Å². The van der Waals surface area contributed by atoms with Crippen molar-refractivity contribution in [3.05, 3.63) is 28.3 Å². The predicted molar refractivity (Wildman–Crippen MR) is 57.5 cm³/mol. The van der Waals surface area contributed by atoms with Gasteiger partial charge >= 0.3 is 0 Å². The molecular weight excluding hydrogens is 250 g/mol. The zero-order chi connectivity index (χ0) is 9.26. The van der Waals surface area contributed by atoms with Gasteiger partial charge in [0.2, 0.25) is 0 Å². The number of anilines is 1. The Kier molecular flexibility index (Phi) is 2.28. The molecule has 5 heteroatoms. The van der Waals surface area contributed by atoms with Crippen LogP contribution in [-0.2, 0) is 0 Å². The lowest BCUT2D eigenvalue weighted by molar-refractivity contribution is 1.19. The summed E-state index contributed by atoms with van der Waals surface area (Å²) in [6, 6.07) is 5.74. The minimum absolute atomic E-state index is 0.495. The monoisotopic (exact) mass is 255 g/mol. The standard InChI is InChI=1S/C8H6BrN3S/c9-7-2-1-6(13-7)5-3-8(10)12-4-11-5/h1-4H,(H2,10,11,12). The molecule has 0 amide bonds. The van der Waals surface area contributed by atoms with E-state index in [-0.39, 0.29) is 0 Å². The van der Waals surface area contributed by atoms with E-state index in [1.807, 2.05) is 12.1 Å². The average molecular weight is 256 g/mol. The lowest BCUT2D eigenvalue weighted by atomic mass is 10.3. The molecule has 2 N–H and O–H groups in total. The van der Waals surface area contributed by atoms with E-state index in [1.54, 1.807) is 17.4 Å². The molecule has 2 rings (SSSR count). The van der Waals surface area contributed by atoms with Gasteiger partial charge in [0.05, 0.1) is 14.4 Å². The first-order valence-electron chi connectivity index (χ1n) is 3.59. The second-order valence-corrected chi connectivity index (χ2v) is 4.89. The molecule has 2 aromatic heterocycles. The lowest BCUT2D eigenvalue weighted by Gasteiger charge is -1.95. The largest absolute Gasteiger partial charge is 0.384 e. The van der Waals surface area contributed by atoms with E-state index in [0.29, 0.717) is 5.82 Å². The SMILES string of the molecule is Nc1cc(-c2ccc(Br)s2)ncn1. The molecule has 0 radical (unpaired) electrons. The van der Waals surface area contributed by atoms with Gasteiger partial charge in [-0.25, -0.2) is 9.97 Å². The van der Waals surface area contributed by atoms with Gasteiger partial charge in [0.15, 0.2) is 0 Å². The van der Waals surface area contributed by atoms with Crippen LogP contribution < -0.4 is 5.73 Å². The van der Waals surface area contributed by atoms with Crippen LogP contribution in [0.1, 0.15) is 0 Å². The summed E-state index contributed by atoms with van der Waals surface area (Å²) in [6.07, 6.45) is 1.47. The minimum atomic E-state index is 0.495. The topological polar surface area (TPSA) is 51.8 Å². The average Bonchev–Trinajstić information content (AvgIpc) is 2.52. The Hall–Kier alpha value is -0.940. The van der Waals surface area contributed by atoms with Gasteiger partial charge in [-0.15, -0.1) is 11.3 Å². The minimum Gasteiger partial charge on any atom is -0.384 e. The molecular formula is C8H6BrN3S. The molecule has 0 aliphatic rings. The van der Waals surface area contributed by atoms with Crippen LogP contribution in [-0.4, -0.2) is 9.97 Å². The van der Waals surface area contributed by atoms with Crippen LogP contribution in [0.4, 0.5) is 5.82 Å². The maximum atomic E-state index is 5.54. The zero-order valence-corrected chi connectivity index (χ0v) is 8.97. The summed E-state index contributed by atoms with van der Waals surface area (Å²) in [5.74, 6) is 0.495. The maximum absolute atomic E-state index is 5.54. The fourth-order valence-corrected chi connectivity index (χ4v) is 2.31. The molecule has 0 aliphatic heterocycles. The third-order valence-corrected chi connectivity index (χ3v) is 3.16. The van der Waals surface area contributed by atoms with E-state index in [0.717, 1.165) is 14.4 Å². The number of nitrogen functional groups attached to an aromatic ring is 1. The highest BCUT2D eigenvalue weighted by Gasteiger charge is 2.02. The molecule has 0 spiro atoms. The van der Waals surface area contributed by atoms with Gasteiger partial charge in [-0.05, 0) is 28.1 Å². The fraction of sp³-hybridized carbons (Fsp3) is 0. The highest BCUT2D eigenvalue weighted by Crippen LogP contribution is 2.30. The predicted octanol–water partition coefficient (Wildman–Crippen LogP) is 2.55. The summed E-state index contributed by atoms with van der Waals surface area (Å²) in [6.45, 7) is 0. The number of halogens is 1. The molecule has 0 unspecified atom stereocenters. The third kappa shape index (κ3) is 1.87. The van der Waals surface area contributed by atoms with E-state index >= 15 is 0 Å². The molecule has 3 nitrogen and oxygen atoms in total. The summed E-state index contributed by atoms with van der Waals surface area (Å²) in [5, 5.41) is 0. The summed E-state index contributed by atoms with van der Waals surface area (Å²) < 4.78 is 1.08. The molecule has 0 aromatic carbocycles. The number of nitrogens with two attached hydrogens (primary N) is 1. The van der Waals surface area contributed by atoms with Crippen LogP contribution >= 0.6 is 27.3 Å². The summed E-state index contributed by atoms with van der Waals surface area (Å²) in [4.78, 5) is 9.04. The molecule has 66 valence electrons. The summed E-state index contributed by atoms with van der Waals surface area (Å²) in [7, 11) is 0. The Morgan fingerprint density at radius 1 is 1.31 bits per heavy atom. The molecule has 0 aliphatic carbocycles. The zero-order valence-electron chi connectivity index (χ0n) is 6.57. The van der Waals surface area contributed by atoms with E-state index in [1.165, 1.54) is 6.33 Å². The van der Waals surface area contributed by atoms with Crippen LogP contribution in [0.5, 0.6) is 0 Å². The van der Waals surface area contributed by atoms with Crippen molar-refractivity contribution in [2.24, 2.45) is 0 Å². The molecule has 0 bridgehead atoms. The van der Waals surface area contributed by atoms with Gasteiger partial charge in [-0.1, -0.05) is 0 Å². The van der Waals surface area contributed by atoms with Gasteiger partial charge in [-0.2, -0.15) is 0 Å². The number of hydrogen-bond acceptors (Lipinski definition) is 4. The van der Waals surface area contributed by atoms with E-state index in [2.05, 4.69) is 25.9 Å². The Morgan fingerprint density at radius 2 is 2.15 bits per heavy atom. The van der Waals surface area contributed by atoms with Gasteiger partial charge in [-0.3, -0.25) is 0 Å². The number of rotatable bonds is 1. The van der Waals surface area contributed by atoms with Crippen LogP contribution in [0.25, 0.3) is 10.6 Å². The second kappa shape index (κ2) is 3.43. The van der Waals surface area contributed by atoms with Crippen molar-refractivity contribution in [1.29, 1.82) is 0 Å². The number of hydrogen-bond donors (Lipinski definition) is 1. The summed E-state index contributed by atoms with van der Waals surface area (Å²) >= 11 is 5.01. The normalized spacial score (nSPS) is 10.2. The van der Waals surface area contributed by atoms with E-state index < -0.39 is 0 Å². The highest BCUT2D eigenvalue weighted by atomic mass is 79.9. The molecule has 0 saturated heterocycles. The Bertz CT molecular complexity index is 427. The molecule has 2 heterocycles. The Morgan fingerprint density at radius 3 is 2.77 bits per heavy atom.